The van der Waals surface area contributed by atoms with E-state index in [1.165, 1.54) is 0 Å². The van der Waals surface area contributed by atoms with E-state index in [9.17, 15) is 4.79 Å². The average molecular weight is 371 g/mol. The second kappa shape index (κ2) is 8.57. The maximum atomic E-state index is 12.6. The van der Waals surface area contributed by atoms with E-state index in [1.54, 1.807) is 24.4 Å². The van der Waals surface area contributed by atoms with Crippen molar-refractivity contribution in [2.24, 2.45) is 0 Å². The molecule has 2 aromatic rings. The van der Waals surface area contributed by atoms with Gasteiger partial charge in [-0.25, -0.2) is 14.8 Å². The predicted octanol–water partition coefficient (Wildman–Crippen LogP) is 2.63. The van der Waals surface area contributed by atoms with E-state index in [2.05, 4.69) is 15.3 Å². The lowest BCUT2D eigenvalue weighted by molar-refractivity contribution is 0.103. The van der Waals surface area contributed by atoms with Gasteiger partial charge in [0.2, 0.25) is 0 Å². The van der Waals surface area contributed by atoms with Crippen LogP contribution < -0.4 is 19.7 Å². The molecule has 1 aliphatic heterocycles. The first kappa shape index (κ1) is 18.8. The maximum Gasteiger partial charge on any atom is 0.321 e. The molecule has 2 heterocycles. The van der Waals surface area contributed by atoms with Gasteiger partial charge in [-0.15, -0.1) is 0 Å². The SMILES string of the molecule is COc1ccc(NC(=O)N2CCCC(Oc3nccnc3N(C)C)C2)cc1. The minimum Gasteiger partial charge on any atom is -0.497 e. The highest BCUT2D eigenvalue weighted by Crippen LogP contribution is 2.24. The number of hydrogen-bond acceptors (Lipinski definition) is 6. The Balaban J connectivity index is 1.61. The van der Waals surface area contributed by atoms with Crippen molar-refractivity contribution in [2.75, 3.05) is 44.5 Å². The molecule has 1 aromatic carbocycles. The van der Waals surface area contributed by atoms with Gasteiger partial charge in [0.25, 0.3) is 5.88 Å². The number of hydrogen-bond donors (Lipinski definition) is 1. The average Bonchev–Trinajstić information content (AvgIpc) is 2.69. The van der Waals surface area contributed by atoms with Crippen molar-refractivity contribution in [3.05, 3.63) is 36.7 Å². The summed E-state index contributed by atoms with van der Waals surface area (Å²) in [7, 11) is 5.40. The fourth-order valence-corrected chi connectivity index (χ4v) is 2.96. The number of anilines is 2. The van der Waals surface area contributed by atoms with Gasteiger partial charge >= 0.3 is 6.03 Å². The number of carbonyl (C=O) groups is 1. The van der Waals surface area contributed by atoms with Gasteiger partial charge < -0.3 is 24.6 Å². The zero-order valence-corrected chi connectivity index (χ0v) is 15.9. The zero-order chi connectivity index (χ0) is 19.2. The van der Waals surface area contributed by atoms with Crippen LogP contribution in [0.25, 0.3) is 0 Å². The monoisotopic (exact) mass is 371 g/mol. The Morgan fingerprint density at radius 2 is 1.96 bits per heavy atom. The first-order valence-corrected chi connectivity index (χ1v) is 8.92. The molecule has 0 bridgehead atoms. The molecular formula is C19H25N5O3. The standard InChI is InChI=1S/C19H25N5O3/c1-23(2)17-18(21-11-10-20-17)27-16-5-4-12-24(13-16)19(25)22-14-6-8-15(26-3)9-7-14/h6-11,16H,4-5,12-13H2,1-3H3,(H,22,25). The fraction of sp³-hybridized carbons (Fsp3) is 0.421. The number of piperidine rings is 1. The largest absolute Gasteiger partial charge is 0.497 e. The second-order valence-corrected chi connectivity index (χ2v) is 6.57. The molecule has 1 saturated heterocycles. The molecule has 3 rings (SSSR count). The molecule has 1 atom stereocenters. The van der Waals surface area contributed by atoms with E-state index in [0.29, 0.717) is 24.8 Å². The summed E-state index contributed by atoms with van der Waals surface area (Å²) in [4.78, 5) is 24.8. The van der Waals surface area contributed by atoms with Crippen molar-refractivity contribution in [1.82, 2.24) is 14.9 Å². The molecule has 1 unspecified atom stereocenters. The van der Waals surface area contributed by atoms with E-state index in [1.807, 2.05) is 43.3 Å². The van der Waals surface area contributed by atoms with Crippen molar-refractivity contribution >= 4 is 17.5 Å². The number of aromatic nitrogens is 2. The molecule has 2 amide bonds. The van der Waals surface area contributed by atoms with Crippen LogP contribution >= 0.6 is 0 Å². The van der Waals surface area contributed by atoms with Gasteiger partial charge in [-0.3, -0.25) is 0 Å². The van der Waals surface area contributed by atoms with Crippen molar-refractivity contribution in [3.63, 3.8) is 0 Å². The lowest BCUT2D eigenvalue weighted by Gasteiger charge is -2.33. The van der Waals surface area contributed by atoms with Crippen LogP contribution in [0.2, 0.25) is 0 Å². The van der Waals surface area contributed by atoms with Crippen molar-refractivity contribution in [2.45, 2.75) is 18.9 Å². The van der Waals surface area contributed by atoms with Crippen LogP contribution in [0.1, 0.15) is 12.8 Å². The number of nitrogens with one attached hydrogen (secondary N) is 1. The van der Waals surface area contributed by atoms with Gasteiger partial charge in [0, 0.05) is 38.7 Å². The van der Waals surface area contributed by atoms with Gasteiger partial charge in [-0.2, -0.15) is 0 Å². The normalized spacial score (nSPS) is 16.6. The van der Waals surface area contributed by atoms with Crippen LogP contribution in [-0.2, 0) is 0 Å². The molecule has 0 radical (unpaired) electrons. The van der Waals surface area contributed by atoms with E-state index in [-0.39, 0.29) is 12.1 Å². The number of benzene rings is 1. The summed E-state index contributed by atoms with van der Waals surface area (Å²) in [6, 6.07) is 7.12. The summed E-state index contributed by atoms with van der Waals surface area (Å²) in [5, 5.41) is 2.92. The maximum absolute atomic E-state index is 12.6. The number of rotatable bonds is 5. The van der Waals surface area contributed by atoms with E-state index in [0.717, 1.165) is 24.3 Å². The molecule has 0 spiro atoms. The quantitative estimate of drug-likeness (QED) is 0.870. The van der Waals surface area contributed by atoms with Crippen LogP contribution in [0.15, 0.2) is 36.7 Å². The third-order valence-electron chi connectivity index (χ3n) is 4.36. The van der Waals surface area contributed by atoms with Gasteiger partial charge in [0.1, 0.15) is 11.9 Å². The Bertz CT molecular complexity index is 766. The third kappa shape index (κ3) is 4.78. The summed E-state index contributed by atoms with van der Waals surface area (Å²) < 4.78 is 11.2. The molecular weight excluding hydrogens is 346 g/mol. The van der Waals surface area contributed by atoms with Crippen LogP contribution in [0.5, 0.6) is 11.6 Å². The summed E-state index contributed by atoms with van der Waals surface area (Å²) in [6.07, 6.45) is 4.88. The summed E-state index contributed by atoms with van der Waals surface area (Å²) in [5.74, 6) is 1.92. The highest BCUT2D eigenvalue weighted by Gasteiger charge is 2.26. The number of ether oxygens (including phenoxy) is 2. The number of amides is 2. The fourth-order valence-electron chi connectivity index (χ4n) is 2.96. The summed E-state index contributed by atoms with van der Waals surface area (Å²) in [5.41, 5.74) is 0.729. The first-order chi connectivity index (χ1) is 13.1. The molecule has 0 aliphatic carbocycles. The molecule has 1 N–H and O–H groups in total. The zero-order valence-electron chi connectivity index (χ0n) is 15.9. The highest BCUT2D eigenvalue weighted by atomic mass is 16.5. The van der Waals surface area contributed by atoms with Crippen LogP contribution in [0, 0.1) is 0 Å². The van der Waals surface area contributed by atoms with Crippen molar-refractivity contribution in [3.8, 4) is 11.6 Å². The highest BCUT2D eigenvalue weighted by molar-refractivity contribution is 5.89. The van der Waals surface area contributed by atoms with Crippen LogP contribution in [0.3, 0.4) is 0 Å². The van der Waals surface area contributed by atoms with E-state index >= 15 is 0 Å². The van der Waals surface area contributed by atoms with Crippen molar-refractivity contribution < 1.29 is 14.3 Å². The predicted molar refractivity (Wildman–Crippen MR) is 104 cm³/mol. The number of methoxy groups -OCH3 is 1. The molecule has 0 saturated carbocycles. The number of carbonyl (C=O) groups excluding carboxylic acids is 1. The Labute approximate surface area is 159 Å². The Kier molecular flexibility index (Phi) is 5.95. The Morgan fingerprint density at radius 1 is 1.22 bits per heavy atom. The van der Waals surface area contributed by atoms with Gasteiger partial charge in [0.15, 0.2) is 5.82 Å². The molecule has 8 nitrogen and oxygen atoms in total. The van der Waals surface area contributed by atoms with E-state index < -0.39 is 0 Å². The first-order valence-electron chi connectivity index (χ1n) is 8.92. The topological polar surface area (TPSA) is 79.8 Å². The summed E-state index contributed by atoms with van der Waals surface area (Å²) in [6.45, 7) is 1.20. The molecule has 144 valence electrons. The third-order valence-corrected chi connectivity index (χ3v) is 4.36. The summed E-state index contributed by atoms with van der Waals surface area (Å²) >= 11 is 0. The Hall–Kier alpha value is -3.03. The minimum absolute atomic E-state index is 0.115. The molecule has 27 heavy (non-hydrogen) atoms. The minimum atomic E-state index is -0.138. The second-order valence-electron chi connectivity index (χ2n) is 6.57. The molecule has 1 fully saturated rings. The van der Waals surface area contributed by atoms with Gasteiger partial charge in [0.05, 0.1) is 13.7 Å². The van der Waals surface area contributed by atoms with Crippen LogP contribution in [0.4, 0.5) is 16.3 Å². The Morgan fingerprint density at radius 3 is 2.67 bits per heavy atom. The van der Waals surface area contributed by atoms with Crippen LogP contribution in [-0.4, -0.2) is 61.3 Å². The van der Waals surface area contributed by atoms with Gasteiger partial charge in [-0.1, -0.05) is 0 Å². The lowest BCUT2D eigenvalue weighted by atomic mass is 10.1. The number of urea groups is 1. The smallest absolute Gasteiger partial charge is 0.321 e. The lowest BCUT2D eigenvalue weighted by Crippen LogP contribution is -2.46. The molecule has 1 aliphatic rings. The van der Waals surface area contributed by atoms with E-state index in [4.69, 9.17) is 9.47 Å². The molecule has 8 heteroatoms. The van der Waals surface area contributed by atoms with Gasteiger partial charge in [-0.05, 0) is 37.1 Å². The molecule has 1 aromatic heterocycles. The van der Waals surface area contributed by atoms with Crippen molar-refractivity contribution in [1.29, 1.82) is 0 Å². The number of likely N-dealkylation sites (tertiary alicyclic amines) is 1. The number of nitrogens with zero attached hydrogens (tertiary/aromatic N) is 4.